The molecule has 22 heavy (non-hydrogen) atoms. The molecule has 1 N–H and O–H groups in total. The summed E-state index contributed by atoms with van der Waals surface area (Å²) in [4.78, 5) is 15.0. The molecular weight excluding hydrogens is 311 g/mol. The van der Waals surface area contributed by atoms with Gasteiger partial charge in [-0.25, -0.2) is 22.6 Å². The van der Waals surface area contributed by atoms with Crippen LogP contribution in [0.25, 0.3) is 0 Å². The quantitative estimate of drug-likeness (QED) is 0.871. The van der Waals surface area contributed by atoms with Gasteiger partial charge in [0.2, 0.25) is 0 Å². The Morgan fingerprint density at radius 1 is 1.27 bits per heavy atom. The third-order valence-electron chi connectivity index (χ3n) is 2.79. The summed E-state index contributed by atoms with van der Waals surface area (Å²) in [5, 5.41) is 0. The molecule has 8 heteroatoms. The van der Waals surface area contributed by atoms with E-state index in [9.17, 15) is 17.6 Å². The predicted molar refractivity (Wildman–Crippen MR) is 77.5 cm³/mol. The second-order valence-electron chi connectivity index (χ2n) is 4.46. The normalized spacial score (nSPS) is 11.0. The monoisotopic (exact) mass is 324 g/mol. The highest BCUT2D eigenvalue weighted by atomic mass is 32.2. The van der Waals surface area contributed by atoms with Gasteiger partial charge in [0.25, 0.3) is 10.0 Å². The predicted octanol–water partition coefficient (Wildman–Crippen LogP) is 2.12. The van der Waals surface area contributed by atoms with Crippen LogP contribution in [0.1, 0.15) is 15.9 Å². The lowest BCUT2D eigenvalue weighted by molar-refractivity contribution is 0.0596. The summed E-state index contributed by atoms with van der Waals surface area (Å²) in [5.41, 5.74) is 0.590. The molecule has 0 aliphatic rings. The van der Waals surface area contributed by atoms with E-state index in [0.717, 1.165) is 30.9 Å². The number of carbonyl (C=O) groups excluding carboxylic acids is 1. The number of pyridine rings is 1. The summed E-state index contributed by atoms with van der Waals surface area (Å²) in [6.07, 6.45) is 1.48. The third-order valence-corrected chi connectivity index (χ3v) is 4.18. The molecule has 0 radical (unpaired) electrons. The Balaban J connectivity index is 2.46. The Morgan fingerprint density at radius 2 is 2.00 bits per heavy atom. The maximum Gasteiger partial charge on any atom is 0.339 e. The second kappa shape index (κ2) is 6.10. The Labute approximate surface area is 127 Å². The fourth-order valence-corrected chi connectivity index (χ4v) is 2.93. The van der Waals surface area contributed by atoms with Crippen molar-refractivity contribution in [3.8, 4) is 0 Å². The van der Waals surface area contributed by atoms with Crippen LogP contribution in [0.4, 0.5) is 10.2 Å². The van der Waals surface area contributed by atoms with E-state index in [1.165, 1.54) is 12.3 Å². The molecule has 2 aromatic rings. The summed E-state index contributed by atoms with van der Waals surface area (Å²) in [6, 6.07) is 5.91. The van der Waals surface area contributed by atoms with Gasteiger partial charge in [0.05, 0.1) is 12.7 Å². The summed E-state index contributed by atoms with van der Waals surface area (Å²) >= 11 is 0. The van der Waals surface area contributed by atoms with Gasteiger partial charge in [-0.2, -0.15) is 0 Å². The molecule has 0 aliphatic heterocycles. The van der Waals surface area contributed by atoms with Gasteiger partial charge < -0.3 is 4.74 Å². The molecule has 0 unspecified atom stereocenters. The minimum Gasteiger partial charge on any atom is -0.465 e. The molecule has 1 heterocycles. The van der Waals surface area contributed by atoms with Crippen molar-refractivity contribution in [2.75, 3.05) is 11.8 Å². The van der Waals surface area contributed by atoms with E-state index in [0.29, 0.717) is 0 Å². The maximum absolute atomic E-state index is 13.4. The van der Waals surface area contributed by atoms with E-state index in [-0.39, 0.29) is 11.4 Å². The number of aromatic nitrogens is 1. The number of hydrogen-bond acceptors (Lipinski definition) is 5. The molecule has 0 saturated carbocycles. The molecule has 0 saturated heterocycles. The van der Waals surface area contributed by atoms with Gasteiger partial charge in [0, 0.05) is 6.20 Å². The molecule has 0 bridgehead atoms. The molecule has 0 fully saturated rings. The molecule has 116 valence electrons. The number of aryl methyl sites for hydroxylation is 1. The third kappa shape index (κ3) is 3.40. The van der Waals surface area contributed by atoms with E-state index in [1.807, 2.05) is 0 Å². The zero-order valence-corrected chi connectivity index (χ0v) is 12.6. The van der Waals surface area contributed by atoms with Gasteiger partial charge in [-0.1, -0.05) is 6.07 Å². The smallest absolute Gasteiger partial charge is 0.339 e. The van der Waals surface area contributed by atoms with Crippen LogP contribution >= 0.6 is 0 Å². The van der Waals surface area contributed by atoms with Crippen LogP contribution in [0.15, 0.2) is 41.4 Å². The number of ether oxygens (including phenoxy) is 1. The van der Waals surface area contributed by atoms with Crippen LogP contribution in [-0.4, -0.2) is 26.5 Å². The van der Waals surface area contributed by atoms with Crippen LogP contribution in [-0.2, 0) is 14.8 Å². The van der Waals surface area contributed by atoms with Crippen LogP contribution in [0.2, 0.25) is 0 Å². The highest BCUT2D eigenvalue weighted by Crippen LogP contribution is 2.21. The van der Waals surface area contributed by atoms with Crippen molar-refractivity contribution in [1.29, 1.82) is 0 Å². The van der Waals surface area contributed by atoms with Crippen LogP contribution in [0.3, 0.4) is 0 Å². The number of hydrogen-bond donors (Lipinski definition) is 1. The van der Waals surface area contributed by atoms with E-state index < -0.39 is 26.7 Å². The zero-order valence-electron chi connectivity index (χ0n) is 11.8. The standard InChI is InChI=1S/C14H13FN2O4S/c1-9-3-6-13(16-8-9)17-22(19,20)12-7-10(15)4-5-11(12)14(18)21-2/h3-8H,1-2H3,(H,16,17). The van der Waals surface area contributed by atoms with Crippen LogP contribution in [0.5, 0.6) is 0 Å². The number of anilines is 1. The average molecular weight is 324 g/mol. The van der Waals surface area contributed by atoms with Gasteiger partial charge >= 0.3 is 5.97 Å². The number of methoxy groups -OCH3 is 1. The van der Waals surface area contributed by atoms with E-state index in [4.69, 9.17) is 0 Å². The Morgan fingerprint density at radius 3 is 2.59 bits per heavy atom. The summed E-state index contributed by atoms with van der Waals surface area (Å²) < 4.78 is 44.8. The molecule has 6 nitrogen and oxygen atoms in total. The fourth-order valence-electron chi connectivity index (χ4n) is 1.72. The highest BCUT2D eigenvalue weighted by Gasteiger charge is 2.24. The van der Waals surface area contributed by atoms with Gasteiger partial charge in [-0.15, -0.1) is 0 Å². The highest BCUT2D eigenvalue weighted by molar-refractivity contribution is 7.92. The number of benzene rings is 1. The number of nitrogens with zero attached hydrogens (tertiary/aromatic N) is 1. The number of rotatable bonds is 4. The van der Waals surface area contributed by atoms with Gasteiger partial charge in [-0.3, -0.25) is 4.72 Å². The molecule has 2 rings (SSSR count). The summed E-state index contributed by atoms with van der Waals surface area (Å²) in [6.45, 7) is 1.80. The van der Waals surface area contributed by atoms with Gasteiger partial charge in [0.15, 0.2) is 0 Å². The Hall–Kier alpha value is -2.48. The molecular formula is C14H13FN2O4S. The van der Waals surface area contributed by atoms with E-state index >= 15 is 0 Å². The van der Waals surface area contributed by atoms with Crippen LogP contribution in [0, 0.1) is 12.7 Å². The number of nitrogens with one attached hydrogen (secondary N) is 1. The van der Waals surface area contributed by atoms with Crippen molar-refractivity contribution >= 4 is 21.8 Å². The lowest BCUT2D eigenvalue weighted by atomic mass is 10.2. The largest absolute Gasteiger partial charge is 0.465 e. The molecule has 1 aromatic heterocycles. The number of carbonyl (C=O) groups is 1. The van der Waals surface area contributed by atoms with Crippen LogP contribution < -0.4 is 4.72 Å². The molecule has 0 amide bonds. The first kappa shape index (κ1) is 15.9. The lowest BCUT2D eigenvalue weighted by Gasteiger charge is -2.11. The van der Waals surface area contributed by atoms with Crippen molar-refractivity contribution in [2.24, 2.45) is 0 Å². The first-order chi connectivity index (χ1) is 10.3. The second-order valence-corrected chi connectivity index (χ2v) is 6.11. The fraction of sp³-hybridized carbons (Fsp3) is 0.143. The lowest BCUT2D eigenvalue weighted by Crippen LogP contribution is -2.18. The average Bonchev–Trinajstić information content (AvgIpc) is 2.48. The summed E-state index contributed by atoms with van der Waals surface area (Å²) in [7, 11) is -3.08. The first-order valence-electron chi connectivity index (χ1n) is 6.17. The van der Waals surface area contributed by atoms with Crippen molar-refractivity contribution < 1.29 is 22.3 Å². The molecule has 0 aliphatic carbocycles. The van der Waals surface area contributed by atoms with Crippen molar-refractivity contribution in [3.63, 3.8) is 0 Å². The number of sulfonamides is 1. The van der Waals surface area contributed by atoms with Crippen molar-refractivity contribution in [3.05, 3.63) is 53.5 Å². The van der Waals surface area contributed by atoms with Gasteiger partial charge in [-0.05, 0) is 36.8 Å². The van der Waals surface area contributed by atoms with Crippen molar-refractivity contribution in [2.45, 2.75) is 11.8 Å². The molecule has 0 spiro atoms. The summed E-state index contributed by atoms with van der Waals surface area (Å²) in [5.74, 6) is -1.60. The van der Waals surface area contributed by atoms with Crippen molar-refractivity contribution in [1.82, 2.24) is 4.98 Å². The Kier molecular flexibility index (Phi) is 4.41. The van der Waals surface area contributed by atoms with E-state index in [1.54, 1.807) is 13.0 Å². The first-order valence-corrected chi connectivity index (χ1v) is 7.65. The minimum absolute atomic E-state index is 0.0608. The van der Waals surface area contributed by atoms with Gasteiger partial charge in [0.1, 0.15) is 16.5 Å². The molecule has 0 atom stereocenters. The minimum atomic E-state index is -4.19. The van der Waals surface area contributed by atoms with E-state index in [2.05, 4.69) is 14.4 Å². The zero-order chi connectivity index (χ0) is 16.3. The number of esters is 1. The SMILES string of the molecule is COC(=O)c1ccc(F)cc1S(=O)(=O)Nc1ccc(C)cn1. The topological polar surface area (TPSA) is 85.4 Å². The Bertz CT molecular complexity index is 804. The maximum atomic E-state index is 13.4. The molecule has 1 aromatic carbocycles. The number of halogens is 1.